The minimum Gasteiger partial charge on any atom is -0.468 e. The molecule has 102 valence electrons. The lowest BCUT2D eigenvalue weighted by atomic mass is 9.96. The number of methoxy groups -OCH3 is 1. The number of hydrogen-bond donors (Lipinski definition) is 0. The second kappa shape index (κ2) is 6.30. The monoisotopic (exact) mass is 325 g/mol. The quantitative estimate of drug-likeness (QED) is 0.630. The molecule has 1 heterocycles. The molecule has 0 saturated carbocycles. The maximum Gasteiger partial charge on any atom is 0.317 e. The van der Waals surface area contributed by atoms with E-state index in [1.54, 1.807) is 0 Å². The van der Waals surface area contributed by atoms with Gasteiger partial charge in [-0.2, -0.15) is 0 Å². The number of benzene rings is 1. The number of likely N-dealkylation sites (tertiary alicyclic amines) is 1. The van der Waals surface area contributed by atoms with E-state index in [2.05, 4.69) is 25.6 Å². The number of Topliss-reactive ketones (excluding diaryl/α,β-unsaturated/α-hetero) is 1. The Hall–Kier alpha value is -1.20. The molecule has 19 heavy (non-hydrogen) atoms. The topological polar surface area (TPSA) is 46.6 Å². The van der Waals surface area contributed by atoms with Crippen molar-refractivity contribution in [3.8, 4) is 0 Å². The molecule has 1 saturated heterocycles. The Labute approximate surface area is 120 Å². The summed E-state index contributed by atoms with van der Waals surface area (Å²) in [5, 5.41) is 0. The molecule has 0 N–H and O–H groups in total. The highest BCUT2D eigenvalue weighted by Crippen LogP contribution is 2.19. The van der Waals surface area contributed by atoms with Crippen LogP contribution >= 0.6 is 15.9 Å². The minimum absolute atomic E-state index is 0.0163. The minimum atomic E-state index is -0.633. The first kappa shape index (κ1) is 14.2. The Morgan fingerprint density at radius 1 is 1.53 bits per heavy atom. The van der Waals surface area contributed by atoms with Gasteiger partial charge in [0.25, 0.3) is 0 Å². The standard InChI is InChI=1S/C14H16BrNO3/c1-19-14(18)12-9-16(6-5-13(12)17)8-10-3-2-4-11(15)7-10/h2-4,7,12H,5-6,8-9H2,1H3. The molecule has 1 aliphatic heterocycles. The summed E-state index contributed by atoms with van der Waals surface area (Å²) in [6.45, 7) is 1.87. The fraction of sp³-hybridized carbons (Fsp3) is 0.429. The van der Waals surface area contributed by atoms with Gasteiger partial charge in [0.2, 0.25) is 0 Å². The van der Waals surface area contributed by atoms with E-state index in [9.17, 15) is 9.59 Å². The number of ether oxygens (including phenoxy) is 1. The van der Waals surface area contributed by atoms with Crippen LogP contribution in [0.15, 0.2) is 28.7 Å². The number of hydrogen-bond acceptors (Lipinski definition) is 4. The van der Waals surface area contributed by atoms with Crippen LogP contribution in [0, 0.1) is 5.92 Å². The van der Waals surface area contributed by atoms with Crippen molar-refractivity contribution in [2.24, 2.45) is 5.92 Å². The van der Waals surface area contributed by atoms with Crippen molar-refractivity contribution in [3.63, 3.8) is 0 Å². The number of rotatable bonds is 3. The van der Waals surface area contributed by atoms with Crippen LogP contribution in [0.3, 0.4) is 0 Å². The summed E-state index contributed by atoms with van der Waals surface area (Å²) in [5.41, 5.74) is 1.16. The van der Waals surface area contributed by atoms with Crippen molar-refractivity contribution in [2.45, 2.75) is 13.0 Å². The van der Waals surface area contributed by atoms with Gasteiger partial charge in [-0.05, 0) is 17.7 Å². The van der Waals surface area contributed by atoms with Gasteiger partial charge in [0.15, 0.2) is 0 Å². The number of ketones is 1. The molecule has 2 rings (SSSR count). The number of carbonyl (C=O) groups is 2. The zero-order valence-corrected chi connectivity index (χ0v) is 12.4. The third-order valence-corrected chi connectivity index (χ3v) is 3.78. The van der Waals surface area contributed by atoms with E-state index in [1.807, 2.05) is 24.3 Å². The molecule has 1 unspecified atom stereocenters. The predicted molar refractivity (Wildman–Crippen MR) is 74.5 cm³/mol. The molecule has 5 heteroatoms. The zero-order chi connectivity index (χ0) is 13.8. The van der Waals surface area contributed by atoms with Crippen LogP contribution < -0.4 is 0 Å². The Balaban J connectivity index is 2.02. The number of halogens is 1. The number of nitrogens with zero attached hydrogens (tertiary/aromatic N) is 1. The molecular weight excluding hydrogens is 310 g/mol. The van der Waals surface area contributed by atoms with E-state index in [-0.39, 0.29) is 5.78 Å². The van der Waals surface area contributed by atoms with Crippen LogP contribution in [0.5, 0.6) is 0 Å². The van der Waals surface area contributed by atoms with Crippen LogP contribution in [0.2, 0.25) is 0 Å². The molecule has 1 atom stereocenters. The molecule has 0 amide bonds. The number of carbonyl (C=O) groups excluding carboxylic acids is 2. The largest absolute Gasteiger partial charge is 0.468 e. The van der Waals surface area contributed by atoms with Crippen LogP contribution in [0.4, 0.5) is 0 Å². The van der Waals surface area contributed by atoms with Gasteiger partial charge in [0.1, 0.15) is 11.7 Å². The van der Waals surface area contributed by atoms with E-state index in [1.165, 1.54) is 7.11 Å². The summed E-state index contributed by atoms with van der Waals surface area (Å²) in [6.07, 6.45) is 0.410. The molecule has 1 aromatic carbocycles. The maximum absolute atomic E-state index is 11.7. The maximum atomic E-state index is 11.7. The highest BCUT2D eigenvalue weighted by Gasteiger charge is 2.33. The second-order valence-corrected chi connectivity index (χ2v) is 5.57. The van der Waals surface area contributed by atoms with Crippen molar-refractivity contribution in [3.05, 3.63) is 34.3 Å². The highest BCUT2D eigenvalue weighted by molar-refractivity contribution is 9.10. The highest BCUT2D eigenvalue weighted by atomic mass is 79.9. The smallest absolute Gasteiger partial charge is 0.317 e. The lowest BCUT2D eigenvalue weighted by Crippen LogP contribution is -2.44. The van der Waals surface area contributed by atoms with Gasteiger partial charge >= 0.3 is 5.97 Å². The second-order valence-electron chi connectivity index (χ2n) is 4.66. The Morgan fingerprint density at radius 2 is 2.32 bits per heavy atom. The molecule has 1 aromatic rings. The molecule has 0 radical (unpaired) electrons. The van der Waals surface area contributed by atoms with Gasteiger partial charge in [0.05, 0.1) is 7.11 Å². The molecular formula is C14H16BrNO3. The zero-order valence-electron chi connectivity index (χ0n) is 10.8. The molecule has 1 fully saturated rings. The number of piperidine rings is 1. The summed E-state index contributed by atoms with van der Waals surface area (Å²) < 4.78 is 5.71. The van der Waals surface area contributed by atoms with Crippen LogP contribution in [0.25, 0.3) is 0 Å². The van der Waals surface area contributed by atoms with Crippen LogP contribution in [-0.4, -0.2) is 36.9 Å². The van der Waals surface area contributed by atoms with Gasteiger partial charge in [-0.25, -0.2) is 0 Å². The van der Waals surface area contributed by atoms with Crippen molar-refractivity contribution < 1.29 is 14.3 Å². The van der Waals surface area contributed by atoms with Crippen LogP contribution in [0.1, 0.15) is 12.0 Å². The SMILES string of the molecule is COC(=O)C1CN(Cc2cccc(Br)c2)CCC1=O. The van der Waals surface area contributed by atoms with Crippen molar-refractivity contribution in [2.75, 3.05) is 20.2 Å². The Bertz CT molecular complexity index is 481. The molecule has 1 aliphatic rings. The van der Waals surface area contributed by atoms with E-state index in [4.69, 9.17) is 0 Å². The molecule has 0 bridgehead atoms. The van der Waals surface area contributed by atoms with Crippen LogP contribution in [-0.2, 0) is 20.9 Å². The summed E-state index contributed by atoms with van der Waals surface area (Å²) in [4.78, 5) is 25.4. The first-order valence-corrected chi connectivity index (χ1v) is 6.97. The fourth-order valence-corrected chi connectivity index (χ4v) is 2.73. The van der Waals surface area contributed by atoms with Gasteiger partial charge in [-0.3, -0.25) is 14.5 Å². The average molecular weight is 326 g/mol. The summed E-state index contributed by atoms with van der Waals surface area (Å²) in [6, 6.07) is 8.03. The van der Waals surface area contributed by atoms with E-state index >= 15 is 0 Å². The van der Waals surface area contributed by atoms with Crippen molar-refractivity contribution >= 4 is 27.7 Å². The van der Waals surface area contributed by atoms with Crippen molar-refractivity contribution in [1.29, 1.82) is 0 Å². The first-order valence-electron chi connectivity index (χ1n) is 6.17. The van der Waals surface area contributed by atoms with Gasteiger partial charge in [-0.15, -0.1) is 0 Å². The fourth-order valence-electron chi connectivity index (χ4n) is 2.28. The third kappa shape index (κ3) is 3.64. The molecule has 4 nitrogen and oxygen atoms in total. The summed E-state index contributed by atoms with van der Waals surface area (Å²) in [7, 11) is 1.32. The Morgan fingerprint density at radius 3 is 3.00 bits per heavy atom. The molecule has 0 aromatic heterocycles. The third-order valence-electron chi connectivity index (χ3n) is 3.28. The normalized spacial score (nSPS) is 20.3. The van der Waals surface area contributed by atoms with Crippen molar-refractivity contribution in [1.82, 2.24) is 4.90 Å². The number of esters is 1. The Kier molecular flexibility index (Phi) is 4.71. The summed E-state index contributed by atoms with van der Waals surface area (Å²) in [5.74, 6) is -1.08. The lowest BCUT2D eigenvalue weighted by molar-refractivity contribution is -0.152. The predicted octanol–water partition coefficient (Wildman–Crippen LogP) is 2.01. The first-order chi connectivity index (χ1) is 9.10. The summed E-state index contributed by atoms with van der Waals surface area (Å²) >= 11 is 3.44. The molecule has 0 spiro atoms. The lowest BCUT2D eigenvalue weighted by Gasteiger charge is -2.30. The van der Waals surface area contributed by atoms with E-state index in [0.29, 0.717) is 19.5 Å². The molecule has 0 aliphatic carbocycles. The average Bonchev–Trinajstić information content (AvgIpc) is 2.40. The van der Waals surface area contributed by atoms with Gasteiger partial charge in [-0.1, -0.05) is 28.1 Å². The van der Waals surface area contributed by atoms with E-state index in [0.717, 1.165) is 16.6 Å². The van der Waals surface area contributed by atoms with Gasteiger partial charge in [0, 0.05) is 30.5 Å². The van der Waals surface area contributed by atoms with Gasteiger partial charge < -0.3 is 4.74 Å². The van der Waals surface area contributed by atoms with E-state index < -0.39 is 11.9 Å².